The van der Waals surface area contributed by atoms with Crippen molar-refractivity contribution in [3.8, 4) is 0 Å². The van der Waals surface area contributed by atoms with Crippen LogP contribution in [0, 0.1) is 0 Å². The number of carbonyl (C=O) groups excluding carboxylic acids is 2. The third-order valence-corrected chi connectivity index (χ3v) is 1.81. The van der Waals surface area contributed by atoms with Crippen LogP contribution in [0.1, 0.15) is 46.0 Å². The number of unbranched alkanes of at least 4 members (excludes halogenated alkanes) is 1. The molecule has 0 amide bonds. The van der Waals surface area contributed by atoms with E-state index >= 15 is 0 Å². The lowest BCUT2D eigenvalue weighted by Crippen LogP contribution is -2.35. The molecule has 14 heavy (non-hydrogen) atoms. The Labute approximate surface area is 84.8 Å². The van der Waals surface area contributed by atoms with Crippen molar-refractivity contribution < 1.29 is 14.3 Å². The molecule has 4 nitrogen and oxygen atoms in total. The molecule has 0 aromatic carbocycles. The van der Waals surface area contributed by atoms with Gasteiger partial charge in [-0.05, 0) is 12.8 Å². The number of ketones is 1. The van der Waals surface area contributed by atoms with Gasteiger partial charge in [0.05, 0.1) is 0 Å². The zero-order chi connectivity index (χ0) is 11.0. The summed E-state index contributed by atoms with van der Waals surface area (Å²) < 4.78 is 4.74. The first-order valence-corrected chi connectivity index (χ1v) is 5.09. The molecule has 0 aliphatic heterocycles. The van der Waals surface area contributed by atoms with Crippen molar-refractivity contribution in [2.45, 2.75) is 52.2 Å². The van der Waals surface area contributed by atoms with Crippen LogP contribution in [-0.4, -0.2) is 18.0 Å². The molecule has 0 aromatic rings. The molecular formula is C10H19NO3. The fourth-order valence-corrected chi connectivity index (χ4v) is 0.964. The van der Waals surface area contributed by atoms with Gasteiger partial charge in [0.25, 0.3) is 0 Å². The summed E-state index contributed by atoms with van der Waals surface area (Å²) >= 11 is 0. The van der Waals surface area contributed by atoms with Crippen LogP contribution in [0.5, 0.6) is 0 Å². The molecule has 0 aromatic heterocycles. The Kier molecular flexibility index (Phi) is 7.02. The van der Waals surface area contributed by atoms with Gasteiger partial charge < -0.3 is 4.74 Å². The zero-order valence-electron chi connectivity index (χ0n) is 8.91. The van der Waals surface area contributed by atoms with Crippen LogP contribution in [0.25, 0.3) is 0 Å². The van der Waals surface area contributed by atoms with Crippen molar-refractivity contribution in [3.05, 3.63) is 0 Å². The van der Waals surface area contributed by atoms with Gasteiger partial charge in [-0.2, -0.15) is 0 Å². The van der Waals surface area contributed by atoms with E-state index in [-0.39, 0.29) is 5.78 Å². The maximum absolute atomic E-state index is 11.2. The zero-order valence-corrected chi connectivity index (χ0v) is 8.91. The molecule has 0 aliphatic rings. The number of rotatable bonds is 7. The molecule has 0 saturated carbocycles. The Bertz CT molecular complexity index is 192. The first-order valence-electron chi connectivity index (χ1n) is 5.09. The first kappa shape index (κ1) is 13.1. The van der Waals surface area contributed by atoms with Gasteiger partial charge in [-0.3, -0.25) is 15.3 Å². The Balaban J connectivity index is 3.76. The van der Waals surface area contributed by atoms with E-state index in [0.29, 0.717) is 19.3 Å². The van der Waals surface area contributed by atoms with E-state index in [1.54, 1.807) is 0 Å². The van der Waals surface area contributed by atoms with Gasteiger partial charge in [0, 0.05) is 12.8 Å². The number of ether oxygens (including phenoxy) is 1. The highest BCUT2D eigenvalue weighted by Crippen LogP contribution is 2.01. The van der Waals surface area contributed by atoms with E-state index < -0.39 is 12.2 Å². The third kappa shape index (κ3) is 5.70. The van der Waals surface area contributed by atoms with Gasteiger partial charge in [0.1, 0.15) is 0 Å². The lowest BCUT2D eigenvalue weighted by Gasteiger charge is -2.11. The number of Topliss-reactive ketones (excluding diaryl/α,β-unsaturated/α-hetero) is 1. The maximum Gasteiger partial charge on any atom is 0.307 e. The minimum absolute atomic E-state index is 0.198. The highest BCUT2D eigenvalue weighted by molar-refractivity contribution is 5.84. The van der Waals surface area contributed by atoms with E-state index in [4.69, 9.17) is 10.5 Å². The van der Waals surface area contributed by atoms with Gasteiger partial charge in [0.2, 0.25) is 6.23 Å². The number of nitrogens with two attached hydrogens (primary N) is 1. The summed E-state index contributed by atoms with van der Waals surface area (Å²) in [5.74, 6) is -0.596. The highest BCUT2D eigenvalue weighted by Gasteiger charge is 2.16. The van der Waals surface area contributed by atoms with Crippen molar-refractivity contribution in [1.29, 1.82) is 0 Å². The van der Waals surface area contributed by atoms with Crippen LogP contribution in [0.3, 0.4) is 0 Å². The predicted molar refractivity (Wildman–Crippen MR) is 53.5 cm³/mol. The average Bonchev–Trinajstić information content (AvgIpc) is 2.14. The minimum Gasteiger partial charge on any atom is -0.439 e. The van der Waals surface area contributed by atoms with Gasteiger partial charge in [-0.15, -0.1) is 0 Å². The van der Waals surface area contributed by atoms with Crippen LogP contribution >= 0.6 is 0 Å². The summed E-state index contributed by atoms with van der Waals surface area (Å²) in [6.07, 6.45) is 2.06. The molecule has 0 heterocycles. The standard InChI is InChI=1S/C10H19NO3/c1-3-5-7-8(12)10(11)14-9(13)6-4-2/h10H,3-7,11H2,1-2H3. The Morgan fingerprint density at radius 2 is 1.86 bits per heavy atom. The lowest BCUT2D eigenvalue weighted by atomic mass is 10.2. The molecule has 4 heteroatoms. The Hall–Kier alpha value is -0.900. The van der Waals surface area contributed by atoms with E-state index in [2.05, 4.69) is 0 Å². The summed E-state index contributed by atoms with van der Waals surface area (Å²) in [5, 5.41) is 0. The molecule has 0 saturated heterocycles. The molecule has 0 rings (SSSR count). The van der Waals surface area contributed by atoms with E-state index in [0.717, 1.165) is 12.8 Å². The number of hydrogen-bond donors (Lipinski definition) is 1. The van der Waals surface area contributed by atoms with Crippen molar-refractivity contribution in [3.63, 3.8) is 0 Å². The first-order chi connectivity index (χ1) is 6.61. The quantitative estimate of drug-likeness (QED) is 0.499. The second-order valence-corrected chi connectivity index (χ2v) is 3.23. The van der Waals surface area contributed by atoms with Crippen molar-refractivity contribution in [2.24, 2.45) is 5.73 Å². The van der Waals surface area contributed by atoms with Crippen LogP contribution in [-0.2, 0) is 14.3 Å². The molecular weight excluding hydrogens is 182 g/mol. The molecule has 1 unspecified atom stereocenters. The fraction of sp³-hybridized carbons (Fsp3) is 0.800. The predicted octanol–water partition coefficient (Wildman–Crippen LogP) is 1.37. The van der Waals surface area contributed by atoms with Crippen LogP contribution in [0.2, 0.25) is 0 Å². The van der Waals surface area contributed by atoms with Gasteiger partial charge in [0.15, 0.2) is 5.78 Å². The van der Waals surface area contributed by atoms with E-state index in [9.17, 15) is 9.59 Å². The SMILES string of the molecule is CCCCC(=O)C(N)OC(=O)CCC. The molecule has 0 spiro atoms. The van der Waals surface area contributed by atoms with Crippen molar-refractivity contribution >= 4 is 11.8 Å². The molecule has 82 valence electrons. The van der Waals surface area contributed by atoms with E-state index in [1.807, 2.05) is 13.8 Å². The molecule has 2 N–H and O–H groups in total. The second kappa shape index (κ2) is 7.50. The summed E-state index contributed by atoms with van der Waals surface area (Å²) in [5.41, 5.74) is 5.40. The van der Waals surface area contributed by atoms with E-state index in [1.165, 1.54) is 0 Å². The molecule has 0 fully saturated rings. The minimum atomic E-state index is -1.07. The van der Waals surface area contributed by atoms with Crippen LogP contribution in [0.4, 0.5) is 0 Å². The maximum atomic E-state index is 11.2. The number of esters is 1. The molecule has 0 radical (unpaired) electrons. The highest BCUT2D eigenvalue weighted by atomic mass is 16.6. The topological polar surface area (TPSA) is 69.4 Å². The van der Waals surface area contributed by atoms with Crippen LogP contribution in [0.15, 0.2) is 0 Å². The van der Waals surface area contributed by atoms with Crippen LogP contribution < -0.4 is 5.73 Å². The largest absolute Gasteiger partial charge is 0.439 e. The van der Waals surface area contributed by atoms with Gasteiger partial charge >= 0.3 is 5.97 Å². The van der Waals surface area contributed by atoms with Crippen molar-refractivity contribution in [1.82, 2.24) is 0 Å². The normalized spacial score (nSPS) is 12.2. The summed E-state index contributed by atoms with van der Waals surface area (Å²) in [4.78, 5) is 22.2. The average molecular weight is 201 g/mol. The Morgan fingerprint density at radius 1 is 1.21 bits per heavy atom. The monoisotopic (exact) mass is 201 g/mol. The summed E-state index contributed by atoms with van der Waals surface area (Å²) in [6, 6.07) is 0. The third-order valence-electron chi connectivity index (χ3n) is 1.81. The summed E-state index contributed by atoms with van der Waals surface area (Å²) in [6.45, 7) is 3.85. The lowest BCUT2D eigenvalue weighted by molar-refractivity contribution is -0.154. The second-order valence-electron chi connectivity index (χ2n) is 3.23. The number of carbonyl (C=O) groups is 2. The van der Waals surface area contributed by atoms with Gasteiger partial charge in [-0.1, -0.05) is 20.3 Å². The fourth-order valence-electron chi connectivity index (χ4n) is 0.964. The molecule has 1 atom stereocenters. The number of hydrogen-bond acceptors (Lipinski definition) is 4. The Morgan fingerprint density at radius 3 is 2.36 bits per heavy atom. The van der Waals surface area contributed by atoms with Crippen molar-refractivity contribution in [2.75, 3.05) is 0 Å². The smallest absolute Gasteiger partial charge is 0.307 e. The van der Waals surface area contributed by atoms with Gasteiger partial charge in [-0.25, -0.2) is 0 Å². The summed E-state index contributed by atoms with van der Waals surface area (Å²) in [7, 11) is 0. The molecule has 0 aliphatic carbocycles. The molecule has 0 bridgehead atoms.